The molecule has 88 valence electrons. The molecule has 0 fully saturated rings. The van der Waals surface area contributed by atoms with Gasteiger partial charge in [-0.15, -0.1) is 0 Å². The number of aliphatic hydroxyl groups is 1. The van der Waals surface area contributed by atoms with Gasteiger partial charge in [0.2, 0.25) is 0 Å². The van der Waals surface area contributed by atoms with Crippen molar-refractivity contribution in [3.8, 4) is 5.75 Å². The van der Waals surface area contributed by atoms with E-state index in [1.165, 1.54) is 4.90 Å². The Labute approximate surface area is 94.4 Å². The molecule has 0 unspecified atom stereocenters. The van der Waals surface area contributed by atoms with E-state index < -0.39 is 0 Å². The number of ether oxygens (including phenoxy) is 1. The van der Waals surface area contributed by atoms with Gasteiger partial charge in [-0.1, -0.05) is 0 Å². The van der Waals surface area contributed by atoms with Crippen molar-refractivity contribution < 1.29 is 14.6 Å². The molecule has 0 atom stereocenters. The van der Waals surface area contributed by atoms with Crippen LogP contribution in [0.1, 0.15) is 10.4 Å². The molecule has 1 rings (SSSR count). The van der Waals surface area contributed by atoms with E-state index in [4.69, 9.17) is 15.6 Å². The number of carbonyl (C=O) groups is 1. The van der Waals surface area contributed by atoms with Gasteiger partial charge in [0.05, 0.1) is 12.2 Å². The Morgan fingerprint density at radius 3 is 2.75 bits per heavy atom. The number of nitrogen functional groups attached to an aromatic ring is 1. The number of hydrogen-bond donors (Lipinski definition) is 2. The van der Waals surface area contributed by atoms with Gasteiger partial charge in [0, 0.05) is 25.8 Å². The van der Waals surface area contributed by atoms with Crippen LogP contribution in [0.15, 0.2) is 18.2 Å². The summed E-state index contributed by atoms with van der Waals surface area (Å²) in [6.45, 7) is 0.0293. The van der Waals surface area contributed by atoms with E-state index in [0.717, 1.165) is 0 Å². The first-order valence-electron chi connectivity index (χ1n) is 4.91. The molecule has 0 saturated heterocycles. The summed E-state index contributed by atoms with van der Waals surface area (Å²) in [5, 5.41) is 8.68. The van der Waals surface area contributed by atoms with E-state index in [-0.39, 0.29) is 19.1 Å². The van der Waals surface area contributed by atoms with Crippen molar-refractivity contribution in [3.63, 3.8) is 0 Å². The second kappa shape index (κ2) is 5.37. The lowest BCUT2D eigenvalue weighted by Gasteiger charge is -2.14. The molecule has 3 N–H and O–H groups in total. The third kappa shape index (κ3) is 2.87. The zero-order valence-corrected chi connectivity index (χ0v) is 9.43. The van der Waals surface area contributed by atoms with Crippen LogP contribution in [0, 0.1) is 0 Å². The van der Waals surface area contributed by atoms with E-state index in [2.05, 4.69) is 0 Å². The molecule has 1 aromatic carbocycles. The van der Waals surface area contributed by atoms with Crippen LogP contribution in [-0.2, 0) is 0 Å². The molecule has 1 amide bonds. The van der Waals surface area contributed by atoms with E-state index in [1.54, 1.807) is 32.3 Å². The van der Waals surface area contributed by atoms with Crippen LogP contribution >= 0.6 is 0 Å². The molecule has 16 heavy (non-hydrogen) atoms. The van der Waals surface area contributed by atoms with Gasteiger partial charge in [0.1, 0.15) is 12.4 Å². The van der Waals surface area contributed by atoms with Crippen molar-refractivity contribution in [1.29, 1.82) is 0 Å². The Bertz CT molecular complexity index is 377. The van der Waals surface area contributed by atoms with Crippen molar-refractivity contribution in [2.75, 3.05) is 33.0 Å². The van der Waals surface area contributed by atoms with E-state index in [0.29, 0.717) is 17.0 Å². The SMILES string of the molecule is CN(C)C(=O)c1ccc(N)cc1OCCO. The zero-order chi connectivity index (χ0) is 12.1. The fraction of sp³-hybridized carbons (Fsp3) is 0.364. The van der Waals surface area contributed by atoms with Gasteiger partial charge < -0.3 is 20.5 Å². The van der Waals surface area contributed by atoms with Crippen molar-refractivity contribution in [2.45, 2.75) is 0 Å². The van der Waals surface area contributed by atoms with Crippen LogP contribution in [-0.4, -0.2) is 43.2 Å². The predicted molar refractivity (Wildman–Crippen MR) is 61.5 cm³/mol. The minimum atomic E-state index is -0.159. The lowest BCUT2D eigenvalue weighted by molar-refractivity contribution is 0.0821. The molecule has 0 saturated carbocycles. The van der Waals surface area contributed by atoms with Gasteiger partial charge in [-0.2, -0.15) is 0 Å². The summed E-state index contributed by atoms with van der Waals surface area (Å²) in [5.41, 5.74) is 6.56. The highest BCUT2D eigenvalue weighted by atomic mass is 16.5. The summed E-state index contributed by atoms with van der Waals surface area (Å²) in [7, 11) is 3.32. The molecule has 0 bridgehead atoms. The van der Waals surface area contributed by atoms with Gasteiger partial charge in [-0.25, -0.2) is 0 Å². The molecule has 1 aromatic rings. The lowest BCUT2D eigenvalue weighted by Crippen LogP contribution is -2.22. The van der Waals surface area contributed by atoms with Gasteiger partial charge in [0.15, 0.2) is 0 Å². The summed E-state index contributed by atoms with van der Waals surface area (Å²) in [4.78, 5) is 13.2. The minimum absolute atomic E-state index is 0.107. The number of nitrogens with zero attached hydrogens (tertiary/aromatic N) is 1. The molecule has 5 heteroatoms. The third-order valence-corrected chi connectivity index (χ3v) is 1.99. The highest BCUT2D eigenvalue weighted by Gasteiger charge is 2.14. The fourth-order valence-corrected chi connectivity index (χ4v) is 1.23. The number of nitrogens with two attached hydrogens (primary N) is 1. The Morgan fingerprint density at radius 1 is 1.50 bits per heavy atom. The fourth-order valence-electron chi connectivity index (χ4n) is 1.23. The molecular weight excluding hydrogens is 208 g/mol. The molecule has 0 spiro atoms. The Hall–Kier alpha value is -1.75. The van der Waals surface area contributed by atoms with Crippen LogP contribution in [0.5, 0.6) is 5.75 Å². The topological polar surface area (TPSA) is 75.8 Å². The molecule has 0 aromatic heterocycles. The number of aliphatic hydroxyl groups excluding tert-OH is 1. The van der Waals surface area contributed by atoms with Crippen LogP contribution < -0.4 is 10.5 Å². The summed E-state index contributed by atoms with van der Waals surface area (Å²) in [5.74, 6) is 0.237. The largest absolute Gasteiger partial charge is 0.490 e. The monoisotopic (exact) mass is 224 g/mol. The van der Waals surface area contributed by atoms with Crippen molar-refractivity contribution in [3.05, 3.63) is 23.8 Å². The quantitative estimate of drug-likeness (QED) is 0.723. The molecule has 5 nitrogen and oxygen atoms in total. The second-order valence-corrected chi connectivity index (χ2v) is 3.53. The van der Waals surface area contributed by atoms with Gasteiger partial charge in [-0.3, -0.25) is 4.79 Å². The number of anilines is 1. The molecule has 0 heterocycles. The summed E-state index contributed by atoms with van der Waals surface area (Å²) < 4.78 is 5.26. The molecule has 0 radical (unpaired) electrons. The molecule has 0 aliphatic rings. The van der Waals surface area contributed by atoms with Gasteiger partial charge in [0.25, 0.3) is 5.91 Å². The predicted octanol–water partition coefficient (Wildman–Crippen LogP) is 0.342. The Kier molecular flexibility index (Phi) is 4.13. The van der Waals surface area contributed by atoms with Crippen LogP contribution in [0.25, 0.3) is 0 Å². The van der Waals surface area contributed by atoms with E-state index in [1.807, 2.05) is 0 Å². The first-order chi connectivity index (χ1) is 7.56. The van der Waals surface area contributed by atoms with E-state index in [9.17, 15) is 4.79 Å². The van der Waals surface area contributed by atoms with Crippen molar-refractivity contribution >= 4 is 11.6 Å². The van der Waals surface area contributed by atoms with Crippen LogP contribution in [0.2, 0.25) is 0 Å². The number of hydrogen-bond acceptors (Lipinski definition) is 4. The highest BCUT2D eigenvalue weighted by Crippen LogP contribution is 2.22. The van der Waals surface area contributed by atoms with E-state index >= 15 is 0 Å². The average Bonchev–Trinajstić information content (AvgIpc) is 2.25. The molecule has 0 aliphatic carbocycles. The summed E-state index contributed by atoms with van der Waals surface area (Å²) >= 11 is 0. The molecule has 0 aliphatic heterocycles. The van der Waals surface area contributed by atoms with Crippen molar-refractivity contribution in [1.82, 2.24) is 4.90 Å². The van der Waals surface area contributed by atoms with Crippen LogP contribution in [0.3, 0.4) is 0 Å². The second-order valence-electron chi connectivity index (χ2n) is 3.53. The maximum atomic E-state index is 11.8. The summed E-state index contributed by atoms with van der Waals surface area (Å²) in [6, 6.07) is 4.83. The maximum Gasteiger partial charge on any atom is 0.257 e. The number of amides is 1. The number of rotatable bonds is 4. The number of carbonyl (C=O) groups excluding carboxylic acids is 1. The van der Waals surface area contributed by atoms with Gasteiger partial charge >= 0.3 is 0 Å². The molecular formula is C11H16N2O3. The van der Waals surface area contributed by atoms with Crippen LogP contribution in [0.4, 0.5) is 5.69 Å². The highest BCUT2D eigenvalue weighted by molar-refractivity contribution is 5.97. The van der Waals surface area contributed by atoms with Crippen molar-refractivity contribution in [2.24, 2.45) is 0 Å². The maximum absolute atomic E-state index is 11.8. The Morgan fingerprint density at radius 2 is 2.19 bits per heavy atom. The lowest BCUT2D eigenvalue weighted by atomic mass is 10.1. The average molecular weight is 224 g/mol. The zero-order valence-electron chi connectivity index (χ0n) is 9.43. The summed E-state index contributed by atoms with van der Waals surface area (Å²) in [6.07, 6.45) is 0. The van der Waals surface area contributed by atoms with Gasteiger partial charge in [-0.05, 0) is 12.1 Å². The smallest absolute Gasteiger partial charge is 0.257 e. The first-order valence-corrected chi connectivity index (χ1v) is 4.91. The normalized spacial score (nSPS) is 9.94. The third-order valence-electron chi connectivity index (χ3n) is 1.99. The standard InChI is InChI=1S/C11H16N2O3/c1-13(2)11(15)9-4-3-8(12)7-10(9)16-6-5-14/h3-4,7,14H,5-6,12H2,1-2H3. The Balaban J connectivity index is 3.02. The first kappa shape index (κ1) is 12.3. The minimum Gasteiger partial charge on any atom is -0.490 e. The number of benzene rings is 1.